The summed E-state index contributed by atoms with van der Waals surface area (Å²) < 4.78 is 5.26. The Morgan fingerprint density at radius 2 is 2.06 bits per heavy atom. The summed E-state index contributed by atoms with van der Waals surface area (Å²) in [7, 11) is 1.60. The van der Waals surface area contributed by atoms with Crippen molar-refractivity contribution in [2.24, 2.45) is 5.41 Å². The molecule has 0 atom stereocenters. The van der Waals surface area contributed by atoms with Crippen LogP contribution in [0.1, 0.15) is 25.0 Å². The third-order valence-electron chi connectivity index (χ3n) is 2.78. The quantitative estimate of drug-likeness (QED) is 0.851. The van der Waals surface area contributed by atoms with Crippen molar-refractivity contribution in [1.82, 2.24) is 0 Å². The van der Waals surface area contributed by atoms with Crippen LogP contribution in [0.25, 0.3) is 0 Å². The second kappa shape index (κ2) is 4.56. The summed E-state index contributed by atoms with van der Waals surface area (Å²) in [6, 6.07) is 5.74. The Bertz CT molecular complexity index is 394. The number of hydrogen-bond donors (Lipinski definition) is 1. The Morgan fingerprint density at radius 1 is 1.44 bits per heavy atom. The molecule has 0 saturated carbocycles. The lowest BCUT2D eigenvalue weighted by Gasteiger charge is -2.21. The van der Waals surface area contributed by atoms with Crippen molar-refractivity contribution in [1.29, 1.82) is 0 Å². The molecule has 0 saturated heterocycles. The first kappa shape index (κ1) is 12.6. The van der Waals surface area contributed by atoms with Crippen LogP contribution in [0, 0.1) is 12.3 Å². The van der Waals surface area contributed by atoms with E-state index in [1.165, 1.54) is 0 Å². The van der Waals surface area contributed by atoms with Gasteiger partial charge in [-0.3, -0.25) is 4.79 Å². The zero-order chi connectivity index (χ0) is 12.3. The predicted octanol–water partition coefficient (Wildman–Crippen LogP) is 2.66. The second-order valence-electron chi connectivity index (χ2n) is 4.62. The number of hydrogen-bond acceptors (Lipinski definition) is 2. The Balaban J connectivity index is 3.09. The first-order valence-electron chi connectivity index (χ1n) is 5.24. The van der Waals surface area contributed by atoms with E-state index < -0.39 is 11.4 Å². The SMILES string of the molecule is COc1cccc(C)c1CC(C)(C)C(=O)O. The number of aliphatic carboxylic acids is 1. The maximum Gasteiger partial charge on any atom is 0.309 e. The molecule has 0 bridgehead atoms. The molecule has 0 radical (unpaired) electrons. The van der Waals surface area contributed by atoms with Crippen LogP contribution in [0.5, 0.6) is 5.75 Å². The Hall–Kier alpha value is -1.51. The zero-order valence-corrected chi connectivity index (χ0v) is 10.2. The number of ether oxygens (including phenoxy) is 1. The molecule has 0 unspecified atom stereocenters. The van der Waals surface area contributed by atoms with Gasteiger partial charge in [0.05, 0.1) is 12.5 Å². The van der Waals surface area contributed by atoms with Gasteiger partial charge in [-0.05, 0) is 44.4 Å². The molecular formula is C13H18O3. The van der Waals surface area contributed by atoms with E-state index >= 15 is 0 Å². The normalized spacial score (nSPS) is 11.2. The molecule has 0 aliphatic carbocycles. The predicted molar refractivity (Wildman–Crippen MR) is 62.9 cm³/mol. The van der Waals surface area contributed by atoms with E-state index in [0.717, 1.165) is 16.9 Å². The Kier molecular flexibility index (Phi) is 3.58. The molecule has 1 rings (SSSR count). The van der Waals surface area contributed by atoms with Crippen LogP contribution in [0.2, 0.25) is 0 Å². The lowest BCUT2D eigenvalue weighted by Crippen LogP contribution is -2.26. The van der Waals surface area contributed by atoms with Crippen LogP contribution < -0.4 is 4.74 Å². The minimum absolute atomic E-state index is 0.470. The Morgan fingerprint density at radius 3 is 2.56 bits per heavy atom. The molecule has 88 valence electrons. The number of rotatable bonds is 4. The van der Waals surface area contributed by atoms with Gasteiger partial charge in [0.15, 0.2) is 0 Å². The minimum Gasteiger partial charge on any atom is -0.496 e. The van der Waals surface area contributed by atoms with Crippen LogP contribution in [0.15, 0.2) is 18.2 Å². The van der Waals surface area contributed by atoms with Gasteiger partial charge in [-0.2, -0.15) is 0 Å². The van der Waals surface area contributed by atoms with Gasteiger partial charge in [-0.25, -0.2) is 0 Å². The highest BCUT2D eigenvalue weighted by Gasteiger charge is 2.29. The number of carbonyl (C=O) groups is 1. The lowest BCUT2D eigenvalue weighted by atomic mass is 9.84. The van der Waals surface area contributed by atoms with Crippen molar-refractivity contribution < 1.29 is 14.6 Å². The molecule has 3 nitrogen and oxygen atoms in total. The number of carboxylic acids is 1. The van der Waals surface area contributed by atoms with Crippen molar-refractivity contribution in [2.45, 2.75) is 27.2 Å². The molecule has 3 heteroatoms. The van der Waals surface area contributed by atoms with Crippen LogP contribution >= 0.6 is 0 Å². The highest BCUT2D eigenvalue weighted by molar-refractivity contribution is 5.74. The van der Waals surface area contributed by atoms with Crippen LogP contribution in [-0.4, -0.2) is 18.2 Å². The van der Waals surface area contributed by atoms with Gasteiger partial charge in [0.25, 0.3) is 0 Å². The van der Waals surface area contributed by atoms with E-state index in [4.69, 9.17) is 9.84 Å². The average molecular weight is 222 g/mol. The van der Waals surface area contributed by atoms with Crippen molar-refractivity contribution in [2.75, 3.05) is 7.11 Å². The highest BCUT2D eigenvalue weighted by atomic mass is 16.5. The molecule has 16 heavy (non-hydrogen) atoms. The third kappa shape index (κ3) is 2.54. The van der Waals surface area contributed by atoms with E-state index in [9.17, 15) is 4.79 Å². The highest BCUT2D eigenvalue weighted by Crippen LogP contribution is 2.30. The average Bonchev–Trinajstić information content (AvgIpc) is 2.20. The minimum atomic E-state index is -0.794. The standard InChI is InChI=1S/C13H18O3/c1-9-6-5-7-11(16-4)10(9)8-13(2,3)12(14)15/h5-7H,8H2,1-4H3,(H,14,15). The molecule has 0 aliphatic rings. The summed E-state index contributed by atoms with van der Waals surface area (Å²) in [6.45, 7) is 5.41. The van der Waals surface area contributed by atoms with E-state index in [-0.39, 0.29) is 0 Å². The van der Waals surface area contributed by atoms with Gasteiger partial charge >= 0.3 is 5.97 Å². The fraction of sp³-hybridized carbons (Fsp3) is 0.462. The monoisotopic (exact) mass is 222 g/mol. The fourth-order valence-electron chi connectivity index (χ4n) is 1.61. The summed E-state index contributed by atoms with van der Waals surface area (Å²) in [5.74, 6) is -0.0351. The number of methoxy groups -OCH3 is 1. The third-order valence-corrected chi connectivity index (χ3v) is 2.78. The summed E-state index contributed by atoms with van der Waals surface area (Å²) in [5, 5.41) is 9.12. The molecule has 1 N–H and O–H groups in total. The van der Waals surface area contributed by atoms with E-state index in [2.05, 4.69) is 0 Å². The number of aryl methyl sites for hydroxylation is 1. The molecule has 0 aromatic heterocycles. The molecular weight excluding hydrogens is 204 g/mol. The first-order valence-corrected chi connectivity index (χ1v) is 5.24. The van der Waals surface area contributed by atoms with Crippen LogP contribution in [0.3, 0.4) is 0 Å². The molecule has 1 aromatic carbocycles. The van der Waals surface area contributed by atoms with E-state index in [1.807, 2.05) is 25.1 Å². The van der Waals surface area contributed by atoms with Gasteiger partial charge in [0, 0.05) is 0 Å². The second-order valence-corrected chi connectivity index (χ2v) is 4.62. The van der Waals surface area contributed by atoms with Gasteiger partial charge < -0.3 is 9.84 Å². The van der Waals surface area contributed by atoms with Crippen LogP contribution in [0.4, 0.5) is 0 Å². The molecule has 0 heterocycles. The number of carboxylic acid groups (broad SMARTS) is 1. The molecule has 1 aromatic rings. The van der Waals surface area contributed by atoms with Crippen molar-refractivity contribution in [3.63, 3.8) is 0 Å². The number of benzene rings is 1. The summed E-state index contributed by atoms with van der Waals surface area (Å²) in [4.78, 5) is 11.1. The zero-order valence-electron chi connectivity index (χ0n) is 10.2. The lowest BCUT2D eigenvalue weighted by molar-refractivity contribution is -0.146. The summed E-state index contributed by atoms with van der Waals surface area (Å²) >= 11 is 0. The van der Waals surface area contributed by atoms with E-state index in [0.29, 0.717) is 6.42 Å². The molecule has 0 fully saturated rings. The molecule has 0 spiro atoms. The van der Waals surface area contributed by atoms with Gasteiger partial charge in [-0.1, -0.05) is 12.1 Å². The van der Waals surface area contributed by atoms with Crippen molar-refractivity contribution >= 4 is 5.97 Å². The molecule has 0 aliphatic heterocycles. The van der Waals surface area contributed by atoms with Gasteiger partial charge in [0.2, 0.25) is 0 Å². The smallest absolute Gasteiger partial charge is 0.309 e. The van der Waals surface area contributed by atoms with Crippen LogP contribution in [-0.2, 0) is 11.2 Å². The largest absolute Gasteiger partial charge is 0.496 e. The first-order chi connectivity index (χ1) is 7.38. The van der Waals surface area contributed by atoms with Crippen molar-refractivity contribution in [3.05, 3.63) is 29.3 Å². The maximum absolute atomic E-state index is 11.1. The maximum atomic E-state index is 11.1. The summed E-state index contributed by atoms with van der Waals surface area (Å²) in [6.07, 6.45) is 0.470. The topological polar surface area (TPSA) is 46.5 Å². The molecule has 0 amide bonds. The van der Waals surface area contributed by atoms with Gasteiger partial charge in [0.1, 0.15) is 5.75 Å². The summed E-state index contributed by atoms with van der Waals surface area (Å²) in [5.41, 5.74) is 1.26. The Labute approximate surface area is 96.1 Å². The van der Waals surface area contributed by atoms with Crippen molar-refractivity contribution in [3.8, 4) is 5.75 Å². The van der Waals surface area contributed by atoms with E-state index in [1.54, 1.807) is 21.0 Å². The van der Waals surface area contributed by atoms with Gasteiger partial charge in [-0.15, -0.1) is 0 Å². The fourth-order valence-corrected chi connectivity index (χ4v) is 1.61.